The first-order valence-electron chi connectivity index (χ1n) is 5.96. The highest BCUT2D eigenvalue weighted by atomic mass is 32.2. The Bertz CT molecular complexity index is 659. The number of sulfonamides is 1. The van der Waals surface area contributed by atoms with Crippen molar-refractivity contribution in [1.82, 2.24) is 4.72 Å². The quantitative estimate of drug-likeness (QED) is 0.941. The van der Waals surface area contributed by atoms with Crippen LogP contribution in [0.4, 0.5) is 0 Å². The maximum absolute atomic E-state index is 12.4. The third-order valence-electron chi connectivity index (χ3n) is 2.83. The summed E-state index contributed by atoms with van der Waals surface area (Å²) < 4.78 is 27.5. The van der Waals surface area contributed by atoms with Crippen molar-refractivity contribution in [3.8, 4) is 0 Å². The van der Waals surface area contributed by atoms with Crippen LogP contribution in [0.3, 0.4) is 0 Å². The molecule has 0 unspecified atom stereocenters. The van der Waals surface area contributed by atoms with Gasteiger partial charge in [-0.1, -0.05) is 18.2 Å². The van der Waals surface area contributed by atoms with Crippen molar-refractivity contribution in [3.05, 3.63) is 52.2 Å². The zero-order valence-electron chi connectivity index (χ0n) is 11.2. The van der Waals surface area contributed by atoms with E-state index in [9.17, 15) is 8.42 Å². The van der Waals surface area contributed by atoms with Gasteiger partial charge in [0.15, 0.2) is 0 Å². The Morgan fingerprint density at radius 2 is 1.89 bits per heavy atom. The third kappa shape index (κ3) is 3.23. The monoisotopic (exact) mass is 295 g/mol. The first kappa shape index (κ1) is 14.2. The molecule has 0 atom stereocenters. The van der Waals surface area contributed by atoms with Gasteiger partial charge in [0.05, 0.1) is 10.4 Å². The Kier molecular flexibility index (Phi) is 3.80. The van der Waals surface area contributed by atoms with Crippen LogP contribution in [0.25, 0.3) is 0 Å². The summed E-state index contributed by atoms with van der Waals surface area (Å²) in [6.45, 7) is 5.61. The van der Waals surface area contributed by atoms with Crippen LogP contribution in [0.15, 0.2) is 46.7 Å². The fourth-order valence-electron chi connectivity index (χ4n) is 1.86. The van der Waals surface area contributed by atoms with Gasteiger partial charge in [0, 0.05) is 4.88 Å². The van der Waals surface area contributed by atoms with Gasteiger partial charge in [-0.15, -0.1) is 11.3 Å². The maximum Gasteiger partial charge on any atom is 0.241 e. The van der Waals surface area contributed by atoms with E-state index in [1.54, 1.807) is 29.5 Å². The minimum Gasteiger partial charge on any atom is -0.207 e. The first-order valence-corrected chi connectivity index (χ1v) is 8.32. The molecular formula is C14H17NO2S2. The van der Waals surface area contributed by atoms with Crippen molar-refractivity contribution < 1.29 is 8.42 Å². The molecule has 0 spiro atoms. The van der Waals surface area contributed by atoms with E-state index in [-0.39, 0.29) is 0 Å². The van der Waals surface area contributed by atoms with Crippen LogP contribution < -0.4 is 4.72 Å². The summed E-state index contributed by atoms with van der Waals surface area (Å²) >= 11 is 1.54. The second-order valence-corrected chi connectivity index (χ2v) is 7.65. The molecule has 1 aromatic heterocycles. The van der Waals surface area contributed by atoms with Crippen LogP contribution in [0.1, 0.15) is 24.3 Å². The molecule has 0 bridgehead atoms. The smallest absolute Gasteiger partial charge is 0.207 e. The van der Waals surface area contributed by atoms with E-state index < -0.39 is 15.6 Å². The molecule has 2 rings (SSSR count). The van der Waals surface area contributed by atoms with E-state index in [0.717, 1.165) is 10.4 Å². The second kappa shape index (κ2) is 5.07. The molecule has 0 radical (unpaired) electrons. The highest BCUT2D eigenvalue weighted by molar-refractivity contribution is 7.89. The largest absolute Gasteiger partial charge is 0.241 e. The summed E-state index contributed by atoms with van der Waals surface area (Å²) in [7, 11) is -3.51. The molecule has 0 aliphatic rings. The molecule has 3 nitrogen and oxygen atoms in total. The Balaban J connectivity index is 2.32. The minimum absolute atomic E-state index is 0.303. The first-order chi connectivity index (χ1) is 8.81. The van der Waals surface area contributed by atoms with E-state index in [2.05, 4.69) is 4.72 Å². The van der Waals surface area contributed by atoms with Gasteiger partial charge in [-0.3, -0.25) is 0 Å². The minimum atomic E-state index is -3.51. The lowest BCUT2D eigenvalue weighted by molar-refractivity contribution is 0.480. The summed E-state index contributed by atoms with van der Waals surface area (Å²) in [4.78, 5) is 1.29. The van der Waals surface area contributed by atoms with Gasteiger partial charge in [0.25, 0.3) is 0 Å². The van der Waals surface area contributed by atoms with Crippen LogP contribution in [-0.4, -0.2) is 8.42 Å². The lowest BCUT2D eigenvalue weighted by Gasteiger charge is -2.24. The van der Waals surface area contributed by atoms with Crippen molar-refractivity contribution in [2.45, 2.75) is 31.2 Å². The van der Waals surface area contributed by atoms with Crippen molar-refractivity contribution in [2.75, 3.05) is 0 Å². The molecule has 102 valence electrons. The molecule has 0 amide bonds. The molecule has 1 N–H and O–H groups in total. The number of aryl methyl sites for hydroxylation is 1. The molecule has 0 saturated heterocycles. The van der Waals surface area contributed by atoms with Gasteiger partial charge in [0.2, 0.25) is 10.0 Å². The van der Waals surface area contributed by atoms with Gasteiger partial charge in [-0.2, -0.15) is 0 Å². The topological polar surface area (TPSA) is 46.2 Å². The SMILES string of the molecule is Cc1cccc(S(=O)(=O)NC(C)(C)c2cccs2)c1. The number of thiophene rings is 1. The van der Waals surface area contributed by atoms with Gasteiger partial charge in [-0.05, 0) is 49.9 Å². The van der Waals surface area contributed by atoms with Crippen LogP contribution in [-0.2, 0) is 15.6 Å². The van der Waals surface area contributed by atoms with Crippen LogP contribution in [0.5, 0.6) is 0 Å². The van der Waals surface area contributed by atoms with Gasteiger partial charge < -0.3 is 0 Å². The Morgan fingerprint density at radius 3 is 2.47 bits per heavy atom. The summed E-state index contributed by atoms with van der Waals surface area (Å²) in [5, 5.41) is 1.94. The molecule has 0 fully saturated rings. The van der Waals surface area contributed by atoms with Crippen LogP contribution in [0, 0.1) is 6.92 Å². The molecule has 0 aliphatic heterocycles. The number of nitrogens with one attached hydrogen (secondary N) is 1. The van der Waals surface area contributed by atoms with E-state index >= 15 is 0 Å². The highest BCUT2D eigenvalue weighted by Gasteiger charge is 2.28. The number of hydrogen-bond donors (Lipinski definition) is 1. The Hall–Kier alpha value is -1.17. The molecule has 1 aromatic carbocycles. The van der Waals surface area contributed by atoms with E-state index in [1.165, 1.54) is 0 Å². The highest BCUT2D eigenvalue weighted by Crippen LogP contribution is 2.27. The predicted molar refractivity (Wildman–Crippen MR) is 78.8 cm³/mol. The van der Waals surface area contributed by atoms with E-state index in [1.807, 2.05) is 44.4 Å². The van der Waals surface area contributed by atoms with Crippen molar-refractivity contribution >= 4 is 21.4 Å². The number of rotatable bonds is 4. The molecule has 2 aromatic rings. The number of benzene rings is 1. The average molecular weight is 295 g/mol. The molecule has 0 saturated carbocycles. The fourth-order valence-corrected chi connectivity index (χ4v) is 4.23. The molecule has 19 heavy (non-hydrogen) atoms. The maximum atomic E-state index is 12.4. The van der Waals surface area contributed by atoms with Crippen molar-refractivity contribution in [1.29, 1.82) is 0 Å². The van der Waals surface area contributed by atoms with Crippen molar-refractivity contribution in [3.63, 3.8) is 0 Å². The summed E-state index contributed by atoms with van der Waals surface area (Å²) in [6.07, 6.45) is 0. The summed E-state index contributed by atoms with van der Waals surface area (Å²) in [5.41, 5.74) is 0.313. The Labute approximate surface area is 118 Å². The zero-order valence-corrected chi connectivity index (χ0v) is 12.8. The van der Waals surface area contributed by atoms with Crippen molar-refractivity contribution in [2.24, 2.45) is 0 Å². The molecule has 5 heteroatoms. The average Bonchev–Trinajstić information content (AvgIpc) is 2.81. The van der Waals surface area contributed by atoms with E-state index in [4.69, 9.17) is 0 Å². The summed E-state index contributed by atoms with van der Waals surface area (Å²) in [6, 6.07) is 10.8. The lowest BCUT2D eigenvalue weighted by Crippen LogP contribution is -2.40. The fraction of sp³-hybridized carbons (Fsp3) is 0.286. The number of hydrogen-bond acceptors (Lipinski definition) is 3. The van der Waals surface area contributed by atoms with E-state index in [0.29, 0.717) is 4.90 Å². The lowest BCUT2D eigenvalue weighted by atomic mass is 10.1. The molecular weight excluding hydrogens is 278 g/mol. The van der Waals surface area contributed by atoms with Gasteiger partial charge >= 0.3 is 0 Å². The summed E-state index contributed by atoms with van der Waals surface area (Å²) in [5.74, 6) is 0. The zero-order chi connectivity index (χ0) is 14.1. The van der Waals surface area contributed by atoms with Gasteiger partial charge in [-0.25, -0.2) is 13.1 Å². The van der Waals surface area contributed by atoms with Gasteiger partial charge in [0.1, 0.15) is 0 Å². The third-order valence-corrected chi connectivity index (χ3v) is 5.67. The van der Waals surface area contributed by atoms with Crippen LogP contribution >= 0.6 is 11.3 Å². The standard InChI is InChI=1S/C14H17NO2S2/c1-11-6-4-7-12(10-11)19(16,17)15-14(2,3)13-8-5-9-18-13/h4-10,15H,1-3H3. The normalized spacial score (nSPS) is 12.6. The second-order valence-electron chi connectivity index (χ2n) is 5.02. The molecule has 1 heterocycles. The van der Waals surface area contributed by atoms with Crippen LogP contribution in [0.2, 0.25) is 0 Å². The Morgan fingerprint density at radius 1 is 1.16 bits per heavy atom. The predicted octanol–water partition coefficient (Wildman–Crippen LogP) is 3.27. The molecule has 0 aliphatic carbocycles.